The number of fused-ring (bicyclic) bond motifs is 10. The predicted octanol–water partition coefficient (Wildman–Crippen LogP) is 3.18. The first kappa shape index (κ1) is 29.4. The van der Waals surface area contributed by atoms with Crippen molar-refractivity contribution in [3.63, 3.8) is 0 Å². The Kier molecular flexibility index (Phi) is 11.0. The number of hydrogen-bond donors (Lipinski definition) is 3. The number of ether oxygens (including phenoxy) is 1. The number of nitrogens with zero attached hydrogens (tertiary/aromatic N) is 1. The molecule has 8 heteroatoms. The molecule has 1 aromatic rings. The minimum Gasteiger partial charge on any atom is -0.487 e. The van der Waals surface area contributed by atoms with E-state index in [2.05, 4.69) is 29.8 Å². The Morgan fingerprint density at radius 2 is 1.69 bits per heavy atom. The molecule has 3 N–H and O–H groups in total. The van der Waals surface area contributed by atoms with E-state index in [0.29, 0.717) is 24.5 Å². The number of carbonyl (C=O) groups is 3. The molecule has 0 radical (unpaired) electrons. The lowest BCUT2D eigenvalue weighted by atomic mass is 9.94. The first-order valence-electron chi connectivity index (χ1n) is 12.9. The molecule has 2 bridgehead atoms. The van der Waals surface area contributed by atoms with Crippen molar-refractivity contribution in [1.82, 2.24) is 20.9 Å². The summed E-state index contributed by atoms with van der Waals surface area (Å²) in [5.41, 5.74) is 0.900. The average Bonchev–Trinajstić information content (AvgIpc) is 2.82. The summed E-state index contributed by atoms with van der Waals surface area (Å²) in [4.78, 5) is 42.1. The van der Waals surface area contributed by atoms with Crippen LogP contribution < -0.4 is 20.7 Å². The molecule has 0 aliphatic carbocycles. The summed E-state index contributed by atoms with van der Waals surface area (Å²) in [5.74, 6) is -0.312. The Hall–Kier alpha value is -2.87. The van der Waals surface area contributed by atoms with Crippen LogP contribution in [0.5, 0.6) is 5.75 Å². The summed E-state index contributed by atoms with van der Waals surface area (Å²) in [5, 5.41) is 8.70. The van der Waals surface area contributed by atoms with E-state index in [9.17, 15) is 14.4 Å². The molecule has 2 aliphatic heterocycles. The molecule has 2 heterocycles. The fourth-order valence-corrected chi connectivity index (χ4v) is 4.20. The lowest BCUT2D eigenvalue weighted by molar-refractivity contribution is -0.136. The number of benzene rings is 1. The van der Waals surface area contributed by atoms with Gasteiger partial charge in [0.2, 0.25) is 17.7 Å². The monoisotopic (exact) mass is 500 g/mol. The molecule has 3 amide bonds. The minimum absolute atomic E-state index is 0.104. The maximum absolute atomic E-state index is 13.8. The van der Waals surface area contributed by atoms with Crippen molar-refractivity contribution in [2.75, 3.05) is 14.1 Å². The highest BCUT2D eigenvalue weighted by Gasteiger charge is 2.38. The van der Waals surface area contributed by atoms with Crippen LogP contribution >= 0.6 is 0 Å². The molecule has 200 valence electrons. The summed E-state index contributed by atoms with van der Waals surface area (Å²) in [7, 11) is 3.71. The molecule has 3 rings (SSSR count). The van der Waals surface area contributed by atoms with Crippen LogP contribution in [0.25, 0.3) is 6.08 Å². The van der Waals surface area contributed by atoms with Gasteiger partial charge in [-0.2, -0.15) is 0 Å². The Morgan fingerprint density at radius 1 is 1.06 bits per heavy atom. The van der Waals surface area contributed by atoms with Gasteiger partial charge in [0.1, 0.15) is 23.9 Å². The van der Waals surface area contributed by atoms with Crippen molar-refractivity contribution in [2.24, 2.45) is 17.8 Å². The van der Waals surface area contributed by atoms with E-state index < -0.39 is 30.1 Å². The summed E-state index contributed by atoms with van der Waals surface area (Å²) >= 11 is 0. The van der Waals surface area contributed by atoms with Gasteiger partial charge in [0.25, 0.3) is 0 Å². The highest BCUT2D eigenvalue weighted by atomic mass is 16.5. The van der Waals surface area contributed by atoms with Crippen LogP contribution in [-0.2, 0) is 14.4 Å². The molecule has 36 heavy (non-hydrogen) atoms. The number of nitrogens with one attached hydrogen (secondary N) is 3. The van der Waals surface area contributed by atoms with E-state index in [1.54, 1.807) is 12.3 Å². The number of likely N-dealkylation sites (N-methyl/N-ethyl adjacent to an activating group) is 1. The zero-order valence-corrected chi connectivity index (χ0v) is 23.0. The molecule has 0 saturated carbocycles. The molecule has 1 aromatic carbocycles. The first-order chi connectivity index (χ1) is 16.9. The van der Waals surface area contributed by atoms with Gasteiger partial charge in [-0.1, -0.05) is 60.1 Å². The van der Waals surface area contributed by atoms with E-state index in [4.69, 9.17) is 4.74 Å². The topological polar surface area (TPSA) is 99.8 Å². The van der Waals surface area contributed by atoms with Crippen LogP contribution in [0.2, 0.25) is 0 Å². The van der Waals surface area contributed by atoms with Crippen LogP contribution in [0.15, 0.2) is 30.5 Å². The van der Waals surface area contributed by atoms with Gasteiger partial charge in [-0.3, -0.25) is 19.3 Å². The number of rotatable bonds is 8. The molecule has 5 atom stereocenters. The van der Waals surface area contributed by atoms with E-state index in [-0.39, 0.29) is 23.7 Å². The van der Waals surface area contributed by atoms with Crippen LogP contribution in [0.3, 0.4) is 0 Å². The van der Waals surface area contributed by atoms with Crippen molar-refractivity contribution in [3.8, 4) is 5.75 Å². The van der Waals surface area contributed by atoms with E-state index in [1.807, 2.05) is 71.0 Å². The first-order valence-corrected chi connectivity index (χ1v) is 12.9. The largest absolute Gasteiger partial charge is 0.487 e. The molecule has 0 aromatic heterocycles. The van der Waals surface area contributed by atoms with Gasteiger partial charge in [0, 0.05) is 6.20 Å². The molecular formula is C28H44N4O4. The molecule has 0 spiro atoms. The molecule has 1 unspecified atom stereocenters. The second kappa shape index (κ2) is 13.4. The van der Waals surface area contributed by atoms with Crippen molar-refractivity contribution in [1.29, 1.82) is 0 Å². The van der Waals surface area contributed by atoms with Crippen molar-refractivity contribution in [3.05, 3.63) is 36.0 Å². The maximum atomic E-state index is 13.8. The molecule has 0 fully saturated rings. The predicted molar refractivity (Wildman–Crippen MR) is 143 cm³/mol. The van der Waals surface area contributed by atoms with Crippen LogP contribution in [-0.4, -0.2) is 60.9 Å². The fraction of sp³-hybridized carbons (Fsp3) is 0.607. The van der Waals surface area contributed by atoms with Gasteiger partial charge in [0.15, 0.2) is 0 Å². The van der Waals surface area contributed by atoms with Gasteiger partial charge in [0.05, 0.1) is 6.04 Å². The van der Waals surface area contributed by atoms with Crippen LogP contribution in [0, 0.1) is 17.8 Å². The second-order valence-electron chi connectivity index (χ2n) is 10.7. The highest BCUT2D eigenvalue weighted by molar-refractivity contribution is 5.94. The smallest absolute Gasteiger partial charge is 0.247 e. The molecule has 8 nitrogen and oxygen atoms in total. The molecule has 2 aliphatic rings. The second-order valence-corrected chi connectivity index (χ2v) is 10.7. The van der Waals surface area contributed by atoms with Crippen molar-refractivity contribution >= 4 is 23.8 Å². The van der Waals surface area contributed by atoms with Crippen molar-refractivity contribution < 1.29 is 19.1 Å². The normalized spacial score (nSPS) is 22.6. The third kappa shape index (κ3) is 8.08. The Labute approximate surface area is 216 Å². The zero-order valence-electron chi connectivity index (χ0n) is 23.0. The highest BCUT2D eigenvalue weighted by Crippen LogP contribution is 2.21. The minimum atomic E-state index is -0.996. The van der Waals surface area contributed by atoms with E-state index in [0.717, 1.165) is 5.56 Å². The van der Waals surface area contributed by atoms with Gasteiger partial charge < -0.3 is 20.7 Å². The van der Waals surface area contributed by atoms with Gasteiger partial charge >= 0.3 is 0 Å². The van der Waals surface area contributed by atoms with Crippen LogP contribution in [0.4, 0.5) is 0 Å². The lowest BCUT2D eigenvalue weighted by Gasteiger charge is -2.34. The molecule has 0 saturated heterocycles. The lowest BCUT2D eigenvalue weighted by Crippen LogP contribution is -2.62. The fourth-order valence-electron chi connectivity index (χ4n) is 4.20. The van der Waals surface area contributed by atoms with E-state index >= 15 is 0 Å². The number of carbonyl (C=O) groups excluding carboxylic acids is 3. The summed E-state index contributed by atoms with van der Waals surface area (Å²) in [6, 6.07) is 5.24. The van der Waals surface area contributed by atoms with Gasteiger partial charge in [-0.25, -0.2) is 0 Å². The Bertz CT molecular complexity index is 911. The summed E-state index contributed by atoms with van der Waals surface area (Å²) < 4.78 is 6.31. The van der Waals surface area contributed by atoms with Crippen LogP contribution in [0.1, 0.15) is 59.9 Å². The third-order valence-corrected chi connectivity index (χ3v) is 6.63. The maximum Gasteiger partial charge on any atom is 0.247 e. The van der Waals surface area contributed by atoms with Gasteiger partial charge in [-0.15, -0.1) is 0 Å². The SMILES string of the molecule is CC[C@H](C)[C@@H]1NC(=O)[C@H](NC(=O)[C@H](CC(C)C)N(C)C)C(C(C)C)Oc2ccc(cc2)C=CNC1=O. The van der Waals surface area contributed by atoms with Crippen molar-refractivity contribution in [2.45, 2.75) is 78.6 Å². The third-order valence-electron chi connectivity index (χ3n) is 6.63. The van der Waals surface area contributed by atoms with Gasteiger partial charge in [-0.05, 0) is 62.0 Å². The number of hydrogen-bond acceptors (Lipinski definition) is 5. The zero-order chi connectivity index (χ0) is 27.0. The summed E-state index contributed by atoms with van der Waals surface area (Å²) in [6.07, 6.45) is 4.06. The van der Waals surface area contributed by atoms with E-state index in [1.165, 1.54) is 0 Å². The Morgan fingerprint density at radius 3 is 2.22 bits per heavy atom. The standard InChI is InChI=1S/C28H44N4O4/c1-9-19(6)23-27(34)29-15-14-20-10-12-21(13-11-20)36-25(18(4)5)24(28(35)30-23)31-26(33)22(32(7)8)16-17(2)3/h10-15,17-19,22-25H,9,16H2,1-8H3,(H,29,34)(H,30,35)(H,31,33)/t19-,22-,23-,24+,25?/m0/s1. The Balaban J connectivity index is 2.52. The quantitative estimate of drug-likeness (QED) is 0.509. The summed E-state index contributed by atoms with van der Waals surface area (Å²) in [6.45, 7) is 11.9. The number of amides is 3. The average molecular weight is 501 g/mol. The molecular weight excluding hydrogens is 456 g/mol.